The molecule has 1 aromatic rings. The number of hydrogen-bond donors (Lipinski definition) is 0. The first kappa shape index (κ1) is 18.7. The molecule has 0 bridgehead atoms. The molecule has 0 aliphatic carbocycles. The van der Waals surface area contributed by atoms with Crippen molar-refractivity contribution in [1.82, 2.24) is 0 Å². The Hall–Kier alpha value is -1.64. The van der Waals surface area contributed by atoms with Crippen LogP contribution < -0.4 is 9.47 Å². The van der Waals surface area contributed by atoms with Crippen molar-refractivity contribution in [3.63, 3.8) is 0 Å². The van der Waals surface area contributed by atoms with E-state index in [0.29, 0.717) is 25.0 Å². The summed E-state index contributed by atoms with van der Waals surface area (Å²) in [5, 5.41) is 0. The highest BCUT2D eigenvalue weighted by atomic mass is 19.4. The summed E-state index contributed by atoms with van der Waals surface area (Å²) in [6.45, 7) is 1.90. The second kappa shape index (κ2) is 7.08. The van der Waals surface area contributed by atoms with Crippen LogP contribution in [0.5, 0.6) is 11.5 Å². The molecular formula is C15H16F6O3. The van der Waals surface area contributed by atoms with Gasteiger partial charge in [-0.05, 0) is 31.4 Å². The lowest BCUT2D eigenvalue weighted by Gasteiger charge is -2.24. The van der Waals surface area contributed by atoms with Crippen LogP contribution >= 0.6 is 0 Å². The van der Waals surface area contributed by atoms with E-state index in [2.05, 4.69) is 9.47 Å². The number of halogens is 6. The van der Waals surface area contributed by atoms with Gasteiger partial charge in [-0.3, -0.25) is 0 Å². The van der Waals surface area contributed by atoms with Gasteiger partial charge in [-0.25, -0.2) is 4.39 Å². The minimum absolute atomic E-state index is 0.0788. The fourth-order valence-corrected chi connectivity index (χ4v) is 2.46. The molecule has 2 atom stereocenters. The molecule has 0 radical (unpaired) electrons. The van der Waals surface area contributed by atoms with E-state index in [-0.39, 0.29) is 12.5 Å². The fourth-order valence-electron chi connectivity index (χ4n) is 2.46. The minimum atomic E-state index is -5.08. The summed E-state index contributed by atoms with van der Waals surface area (Å²) >= 11 is 0. The largest absolute Gasteiger partial charge is 0.573 e. The summed E-state index contributed by atoms with van der Waals surface area (Å²) in [7, 11) is 0. The Morgan fingerprint density at radius 2 is 1.83 bits per heavy atom. The number of benzene rings is 1. The Kier molecular flexibility index (Phi) is 5.52. The van der Waals surface area contributed by atoms with Crippen LogP contribution in [0.3, 0.4) is 0 Å². The van der Waals surface area contributed by atoms with Gasteiger partial charge >= 0.3 is 12.5 Å². The lowest BCUT2D eigenvalue weighted by Crippen LogP contribution is -2.39. The third-order valence-corrected chi connectivity index (χ3v) is 3.48. The Balaban J connectivity index is 2.03. The second-order valence-corrected chi connectivity index (χ2v) is 5.42. The van der Waals surface area contributed by atoms with E-state index in [9.17, 15) is 26.3 Å². The molecule has 1 aliphatic heterocycles. The summed E-state index contributed by atoms with van der Waals surface area (Å²) in [5.41, 5.74) is 0. The number of ether oxygens (including phenoxy) is 3. The van der Waals surface area contributed by atoms with Crippen LogP contribution in [0.25, 0.3) is 0 Å². The topological polar surface area (TPSA) is 27.7 Å². The first-order valence-electron chi connectivity index (χ1n) is 7.38. The van der Waals surface area contributed by atoms with Crippen molar-refractivity contribution >= 4 is 0 Å². The predicted molar refractivity (Wildman–Crippen MR) is 71.5 cm³/mol. The zero-order valence-corrected chi connectivity index (χ0v) is 12.7. The van der Waals surface area contributed by atoms with Gasteiger partial charge in [0.25, 0.3) is 0 Å². The van der Waals surface area contributed by atoms with Crippen molar-refractivity contribution in [1.29, 1.82) is 0 Å². The van der Waals surface area contributed by atoms with Gasteiger partial charge in [-0.1, -0.05) is 13.3 Å². The molecule has 0 amide bonds. The maximum Gasteiger partial charge on any atom is 0.573 e. The van der Waals surface area contributed by atoms with Crippen LogP contribution in [-0.2, 0) is 4.74 Å². The van der Waals surface area contributed by atoms with Crippen LogP contribution in [0.1, 0.15) is 32.6 Å². The predicted octanol–water partition coefficient (Wildman–Crippen LogP) is 5.04. The van der Waals surface area contributed by atoms with Gasteiger partial charge in [0, 0.05) is 6.07 Å². The summed E-state index contributed by atoms with van der Waals surface area (Å²) in [6.07, 6.45) is -8.60. The van der Waals surface area contributed by atoms with Gasteiger partial charge in [0.1, 0.15) is 5.75 Å². The molecule has 0 saturated carbocycles. The molecule has 1 saturated heterocycles. The van der Waals surface area contributed by atoms with E-state index in [4.69, 9.17) is 4.74 Å². The Labute approximate surface area is 134 Å². The third-order valence-electron chi connectivity index (χ3n) is 3.48. The SMILES string of the molecule is CCCC1CCC(C(F)(F)Oc2ccc(OC(F)(F)F)c(F)c2)O1. The lowest BCUT2D eigenvalue weighted by atomic mass is 10.1. The van der Waals surface area contributed by atoms with E-state index in [0.717, 1.165) is 12.5 Å². The van der Waals surface area contributed by atoms with Gasteiger partial charge in [0.05, 0.1) is 6.10 Å². The molecule has 1 heterocycles. The van der Waals surface area contributed by atoms with Crippen molar-refractivity contribution in [3.05, 3.63) is 24.0 Å². The zero-order chi connectivity index (χ0) is 18.0. The molecule has 2 unspecified atom stereocenters. The summed E-state index contributed by atoms with van der Waals surface area (Å²) in [5.74, 6) is -3.20. The molecule has 1 aromatic carbocycles. The highest BCUT2D eigenvalue weighted by molar-refractivity contribution is 5.33. The lowest BCUT2D eigenvalue weighted by molar-refractivity contribution is -0.275. The van der Waals surface area contributed by atoms with Gasteiger partial charge in [0.2, 0.25) is 0 Å². The molecule has 1 fully saturated rings. The molecule has 24 heavy (non-hydrogen) atoms. The number of rotatable bonds is 6. The molecule has 1 aliphatic rings. The zero-order valence-electron chi connectivity index (χ0n) is 12.7. The molecule has 0 spiro atoms. The second-order valence-electron chi connectivity index (χ2n) is 5.42. The molecule has 2 rings (SSSR count). The van der Waals surface area contributed by atoms with Crippen molar-refractivity contribution in [2.45, 2.75) is 57.3 Å². The van der Waals surface area contributed by atoms with Crippen molar-refractivity contribution in [2.24, 2.45) is 0 Å². The van der Waals surface area contributed by atoms with Gasteiger partial charge in [-0.15, -0.1) is 13.2 Å². The van der Waals surface area contributed by atoms with Crippen LogP contribution in [0.2, 0.25) is 0 Å². The van der Waals surface area contributed by atoms with Crippen molar-refractivity contribution in [2.75, 3.05) is 0 Å². The van der Waals surface area contributed by atoms with Crippen LogP contribution in [0.4, 0.5) is 26.3 Å². The summed E-state index contributed by atoms with van der Waals surface area (Å²) in [6, 6.07) is 1.76. The Morgan fingerprint density at radius 1 is 1.12 bits per heavy atom. The van der Waals surface area contributed by atoms with Crippen LogP contribution in [0.15, 0.2) is 18.2 Å². The first-order valence-corrected chi connectivity index (χ1v) is 7.38. The average molecular weight is 358 g/mol. The van der Waals surface area contributed by atoms with E-state index >= 15 is 0 Å². The minimum Gasteiger partial charge on any atom is -0.431 e. The fraction of sp³-hybridized carbons (Fsp3) is 0.600. The molecule has 9 heteroatoms. The maximum atomic E-state index is 14.1. The molecular weight excluding hydrogens is 342 g/mol. The molecule has 0 N–H and O–H groups in total. The Bertz CT molecular complexity index is 561. The van der Waals surface area contributed by atoms with E-state index < -0.39 is 35.9 Å². The maximum absolute atomic E-state index is 14.1. The molecule has 136 valence electrons. The quantitative estimate of drug-likeness (QED) is 0.667. The van der Waals surface area contributed by atoms with Gasteiger partial charge in [0.15, 0.2) is 17.7 Å². The van der Waals surface area contributed by atoms with Crippen molar-refractivity contribution < 1.29 is 40.6 Å². The van der Waals surface area contributed by atoms with Gasteiger partial charge < -0.3 is 14.2 Å². The first-order chi connectivity index (χ1) is 11.1. The van der Waals surface area contributed by atoms with Crippen LogP contribution in [-0.4, -0.2) is 24.7 Å². The third kappa shape index (κ3) is 4.93. The normalized spacial score (nSPS) is 21.8. The monoisotopic (exact) mass is 358 g/mol. The van der Waals surface area contributed by atoms with E-state index in [1.54, 1.807) is 0 Å². The molecule has 0 aromatic heterocycles. The number of alkyl halides is 5. The number of hydrogen-bond acceptors (Lipinski definition) is 3. The van der Waals surface area contributed by atoms with E-state index in [1.165, 1.54) is 0 Å². The summed E-state index contributed by atoms with van der Waals surface area (Å²) < 4.78 is 90.8. The smallest absolute Gasteiger partial charge is 0.431 e. The highest BCUT2D eigenvalue weighted by Gasteiger charge is 2.47. The summed E-state index contributed by atoms with van der Waals surface area (Å²) in [4.78, 5) is 0. The Morgan fingerprint density at radius 3 is 2.42 bits per heavy atom. The van der Waals surface area contributed by atoms with Crippen molar-refractivity contribution in [3.8, 4) is 11.5 Å². The standard InChI is InChI=1S/C15H16F6O3/c1-2-3-9-5-7-13(22-9)14(17,18)23-10-4-6-12(11(16)8-10)24-15(19,20)21/h4,6,8-9,13H,2-3,5,7H2,1H3. The molecule has 3 nitrogen and oxygen atoms in total. The van der Waals surface area contributed by atoms with E-state index in [1.807, 2.05) is 6.92 Å². The van der Waals surface area contributed by atoms with Gasteiger partial charge in [-0.2, -0.15) is 8.78 Å². The highest BCUT2D eigenvalue weighted by Crippen LogP contribution is 2.36. The van der Waals surface area contributed by atoms with Crippen LogP contribution in [0, 0.1) is 5.82 Å². The average Bonchev–Trinajstić information content (AvgIpc) is 2.90.